The van der Waals surface area contributed by atoms with Crippen LogP contribution in [0.4, 0.5) is 0 Å². The van der Waals surface area contributed by atoms with Crippen LogP contribution >= 0.6 is 0 Å². The van der Waals surface area contributed by atoms with Crippen LogP contribution in [0.5, 0.6) is 5.75 Å². The third-order valence-electron chi connectivity index (χ3n) is 9.79. The molecule has 0 saturated carbocycles. The third kappa shape index (κ3) is 11.0. The number of benzene rings is 2. The van der Waals surface area contributed by atoms with Gasteiger partial charge in [-0.15, -0.1) is 0 Å². The van der Waals surface area contributed by atoms with E-state index >= 15 is 0 Å². The molecule has 2 heterocycles. The van der Waals surface area contributed by atoms with Crippen molar-refractivity contribution in [2.75, 3.05) is 13.1 Å². The molecule has 5 amide bonds. The molecule has 2 aliphatic heterocycles. The topological polar surface area (TPSA) is 249 Å². The number of hydrogen-bond donors (Lipinski definition) is 7. The van der Waals surface area contributed by atoms with E-state index in [1.165, 1.54) is 21.9 Å². The van der Waals surface area contributed by atoms with Gasteiger partial charge in [0.05, 0.1) is 6.04 Å². The van der Waals surface area contributed by atoms with Crippen LogP contribution in [0.15, 0.2) is 54.6 Å². The van der Waals surface area contributed by atoms with Gasteiger partial charge in [-0.1, -0.05) is 56.3 Å². The first-order valence-electron chi connectivity index (χ1n) is 18.2. The standard InChI is InChI=1S/C38H50N6O10/c1-22(2)32(42-34(49)30-11-6-18-43(30)36(51)26(39)20-24-12-14-25(45)15-13-24)35(50)40-27(16-17-31(46)47)37(52)44-19-7-10-29(44)33(48)41-28(38(53)54)21-23-8-4-3-5-9-23/h3-5,8-9,12-15,22,26-30,32,45H,6-7,10-11,16-21,39H2,1-2H3,(H,40,50)(H,41,48)(H,42,49)(H,46,47)(H,53,54). The zero-order valence-electron chi connectivity index (χ0n) is 30.5. The van der Waals surface area contributed by atoms with Crippen molar-refractivity contribution in [2.24, 2.45) is 11.7 Å². The molecule has 0 bridgehead atoms. The number of carbonyl (C=O) groups excluding carboxylic acids is 5. The normalized spacial score (nSPS) is 19.0. The molecule has 2 fully saturated rings. The molecule has 54 heavy (non-hydrogen) atoms. The van der Waals surface area contributed by atoms with Crippen LogP contribution in [0.2, 0.25) is 0 Å². The van der Waals surface area contributed by atoms with Crippen molar-refractivity contribution in [1.29, 1.82) is 0 Å². The van der Waals surface area contributed by atoms with Gasteiger partial charge in [0.2, 0.25) is 29.5 Å². The second kappa shape index (κ2) is 19.0. The lowest BCUT2D eigenvalue weighted by atomic mass is 10.0. The van der Waals surface area contributed by atoms with Crippen molar-refractivity contribution in [2.45, 2.75) is 101 Å². The molecule has 8 N–H and O–H groups in total. The maximum absolute atomic E-state index is 13.9. The number of aliphatic carboxylic acids is 2. The molecule has 2 aliphatic rings. The van der Waals surface area contributed by atoms with E-state index in [0.29, 0.717) is 24.8 Å². The summed E-state index contributed by atoms with van der Waals surface area (Å²) in [6.07, 6.45) is 0.920. The average molecular weight is 751 g/mol. The zero-order chi connectivity index (χ0) is 39.5. The zero-order valence-corrected chi connectivity index (χ0v) is 30.5. The number of phenolic OH excluding ortho intramolecular Hbond substituents is 1. The highest BCUT2D eigenvalue weighted by molar-refractivity contribution is 5.97. The fourth-order valence-corrected chi connectivity index (χ4v) is 6.88. The minimum absolute atomic E-state index is 0.0154. The molecule has 2 saturated heterocycles. The van der Waals surface area contributed by atoms with Gasteiger partial charge < -0.3 is 46.8 Å². The second-order valence-electron chi connectivity index (χ2n) is 14.2. The highest BCUT2D eigenvalue weighted by Crippen LogP contribution is 2.22. The maximum Gasteiger partial charge on any atom is 0.326 e. The van der Waals surface area contributed by atoms with Crippen LogP contribution in [0.3, 0.4) is 0 Å². The van der Waals surface area contributed by atoms with Crippen LogP contribution in [0.1, 0.15) is 63.5 Å². The van der Waals surface area contributed by atoms with Crippen molar-refractivity contribution in [3.05, 3.63) is 65.7 Å². The van der Waals surface area contributed by atoms with Gasteiger partial charge in [0, 0.05) is 25.9 Å². The summed E-state index contributed by atoms with van der Waals surface area (Å²) in [5, 5.41) is 36.6. The number of phenols is 1. The highest BCUT2D eigenvalue weighted by Gasteiger charge is 2.41. The van der Waals surface area contributed by atoms with Crippen molar-refractivity contribution in [3.8, 4) is 5.75 Å². The molecular weight excluding hydrogens is 700 g/mol. The molecule has 0 spiro atoms. The molecular formula is C38H50N6O10. The summed E-state index contributed by atoms with van der Waals surface area (Å²) in [6, 6.07) is 8.29. The van der Waals surface area contributed by atoms with Gasteiger partial charge in [-0.3, -0.25) is 28.8 Å². The lowest BCUT2D eigenvalue weighted by Gasteiger charge is -2.32. The minimum atomic E-state index is -1.37. The fourth-order valence-electron chi connectivity index (χ4n) is 6.88. The Morgan fingerprint density at radius 1 is 0.741 bits per heavy atom. The molecule has 292 valence electrons. The Hall–Kier alpha value is -5.51. The number of amides is 5. The number of carboxylic acid groups (broad SMARTS) is 2. The van der Waals surface area contributed by atoms with E-state index in [2.05, 4.69) is 16.0 Å². The van der Waals surface area contributed by atoms with Crippen LogP contribution in [-0.4, -0.2) is 116 Å². The van der Waals surface area contributed by atoms with Crippen molar-refractivity contribution < 1.29 is 48.9 Å². The Bertz CT molecular complexity index is 1670. The van der Waals surface area contributed by atoms with Gasteiger partial charge in [0.1, 0.15) is 36.0 Å². The van der Waals surface area contributed by atoms with E-state index in [0.717, 1.165) is 5.56 Å². The minimum Gasteiger partial charge on any atom is -0.508 e. The van der Waals surface area contributed by atoms with Crippen LogP contribution < -0.4 is 21.7 Å². The van der Waals surface area contributed by atoms with Gasteiger partial charge >= 0.3 is 11.9 Å². The predicted molar refractivity (Wildman–Crippen MR) is 195 cm³/mol. The highest BCUT2D eigenvalue weighted by atomic mass is 16.4. The molecule has 16 nitrogen and oxygen atoms in total. The number of nitrogens with zero attached hydrogens (tertiary/aromatic N) is 2. The molecule has 6 atom stereocenters. The van der Waals surface area contributed by atoms with E-state index in [9.17, 15) is 48.9 Å². The van der Waals surface area contributed by atoms with E-state index < -0.39 is 90.1 Å². The number of likely N-dealkylation sites (tertiary alicyclic amines) is 2. The number of hydrogen-bond acceptors (Lipinski definition) is 9. The van der Waals surface area contributed by atoms with Crippen molar-refractivity contribution >= 4 is 41.5 Å². The van der Waals surface area contributed by atoms with Gasteiger partial charge in [0.25, 0.3) is 0 Å². The second-order valence-corrected chi connectivity index (χ2v) is 14.2. The van der Waals surface area contributed by atoms with Gasteiger partial charge in [0.15, 0.2) is 0 Å². The first-order valence-corrected chi connectivity index (χ1v) is 18.2. The van der Waals surface area contributed by atoms with Gasteiger partial charge in [-0.2, -0.15) is 0 Å². The Balaban J connectivity index is 1.43. The monoisotopic (exact) mass is 750 g/mol. The van der Waals surface area contributed by atoms with E-state index in [-0.39, 0.29) is 44.5 Å². The Morgan fingerprint density at radius 3 is 1.85 bits per heavy atom. The Morgan fingerprint density at radius 2 is 1.30 bits per heavy atom. The summed E-state index contributed by atoms with van der Waals surface area (Å²) in [4.78, 5) is 94.3. The summed E-state index contributed by atoms with van der Waals surface area (Å²) in [5.41, 5.74) is 7.65. The van der Waals surface area contributed by atoms with Crippen molar-refractivity contribution in [3.63, 3.8) is 0 Å². The number of nitrogens with one attached hydrogen (secondary N) is 3. The third-order valence-corrected chi connectivity index (χ3v) is 9.79. The smallest absolute Gasteiger partial charge is 0.326 e. The molecule has 4 rings (SSSR count). The molecule has 2 aromatic carbocycles. The number of rotatable bonds is 17. The van der Waals surface area contributed by atoms with Gasteiger partial charge in [-0.05, 0) is 67.7 Å². The first kappa shape index (κ1) is 41.2. The van der Waals surface area contributed by atoms with Crippen molar-refractivity contribution in [1.82, 2.24) is 25.8 Å². The Kier molecular flexibility index (Phi) is 14.5. The summed E-state index contributed by atoms with van der Waals surface area (Å²) in [6.45, 7) is 3.77. The van der Waals surface area contributed by atoms with E-state index in [1.54, 1.807) is 56.3 Å². The summed E-state index contributed by atoms with van der Waals surface area (Å²) in [7, 11) is 0. The lowest BCUT2D eigenvalue weighted by molar-refractivity contribution is -0.145. The summed E-state index contributed by atoms with van der Waals surface area (Å²) < 4.78 is 0. The fraction of sp³-hybridized carbons (Fsp3) is 0.500. The predicted octanol–water partition coefficient (Wildman–Crippen LogP) is 0.547. The largest absolute Gasteiger partial charge is 0.508 e. The van der Waals surface area contributed by atoms with E-state index in [4.69, 9.17) is 5.73 Å². The maximum atomic E-state index is 13.9. The summed E-state index contributed by atoms with van der Waals surface area (Å²) in [5.74, 6) is -6.05. The molecule has 2 aromatic rings. The molecule has 0 aliphatic carbocycles. The lowest BCUT2D eigenvalue weighted by Crippen LogP contribution is -2.60. The SMILES string of the molecule is CC(C)C(NC(=O)C1CCCN1C(=O)C(N)Cc1ccc(O)cc1)C(=O)NC(CCC(=O)O)C(=O)N1CCCC1C(=O)NC(Cc1ccccc1)C(=O)O. The molecule has 0 radical (unpaired) electrons. The quantitative estimate of drug-likeness (QED) is 0.118. The number of carbonyl (C=O) groups is 7. The molecule has 0 aromatic heterocycles. The number of nitrogens with two attached hydrogens (primary N) is 1. The molecule has 16 heteroatoms. The first-order chi connectivity index (χ1) is 25.7. The number of carboxylic acids is 2. The van der Waals surface area contributed by atoms with Crippen LogP contribution in [-0.2, 0) is 46.4 Å². The summed E-state index contributed by atoms with van der Waals surface area (Å²) >= 11 is 0. The average Bonchev–Trinajstić information content (AvgIpc) is 3.83. The Labute approximate surface area is 313 Å². The van der Waals surface area contributed by atoms with Gasteiger partial charge in [-0.25, -0.2) is 4.79 Å². The van der Waals surface area contributed by atoms with Crippen LogP contribution in [0.25, 0.3) is 0 Å². The molecule has 6 unspecified atom stereocenters. The number of aromatic hydroxyl groups is 1. The van der Waals surface area contributed by atoms with Crippen LogP contribution in [0, 0.1) is 5.92 Å². The van der Waals surface area contributed by atoms with E-state index in [1.807, 2.05) is 0 Å².